The van der Waals surface area contributed by atoms with Gasteiger partial charge in [0.05, 0.1) is 12.0 Å². The van der Waals surface area contributed by atoms with Gasteiger partial charge < -0.3 is 5.11 Å². The molecule has 2 atom stereocenters. The fourth-order valence-corrected chi connectivity index (χ4v) is 2.95. The van der Waals surface area contributed by atoms with E-state index in [9.17, 15) is 14.7 Å². The molecule has 0 radical (unpaired) electrons. The fraction of sp³-hybridized carbons (Fsp3) is 0.800. The first-order chi connectivity index (χ1) is 6.45. The number of aliphatic hydroxyl groups is 1. The molecule has 1 aliphatic heterocycles. The van der Waals surface area contributed by atoms with Crippen molar-refractivity contribution in [2.24, 2.45) is 16.7 Å². The second-order valence-corrected chi connectivity index (χ2v) is 4.87. The van der Waals surface area contributed by atoms with Crippen LogP contribution in [0.15, 0.2) is 0 Å². The van der Waals surface area contributed by atoms with Gasteiger partial charge in [0.1, 0.15) is 0 Å². The molecule has 1 aliphatic carbocycles. The molecule has 2 bridgehead atoms. The van der Waals surface area contributed by atoms with Crippen LogP contribution in [-0.2, 0) is 9.59 Å². The standard InChI is InChI=1S/C10H15NO3/c1-9(2)6-3-4-10(9,5-12)8(14)11-7(6)13/h6,12H,3-5H2,1-2H3,(H,11,13,14). The maximum absolute atomic E-state index is 11.7. The highest BCUT2D eigenvalue weighted by Gasteiger charge is 2.64. The first-order valence-electron chi connectivity index (χ1n) is 4.92. The number of imide groups is 1. The summed E-state index contributed by atoms with van der Waals surface area (Å²) in [5, 5.41) is 11.7. The normalized spacial score (nSPS) is 39.8. The zero-order valence-electron chi connectivity index (χ0n) is 8.46. The Morgan fingerprint density at radius 2 is 2.14 bits per heavy atom. The zero-order chi connectivity index (χ0) is 10.6. The summed E-state index contributed by atoms with van der Waals surface area (Å²) in [6, 6.07) is 0. The van der Waals surface area contributed by atoms with Gasteiger partial charge in [-0.3, -0.25) is 14.9 Å². The second-order valence-electron chi connectivity index (χ2n) is 4.87. The number of amides is 2. The highest BCUT2D eigenvalue weighted by molar-refractivity contribution is 6.04. The topological polar surface area (TPSA) is 66.4 Å². The van der Waals surface area contributed by atoms with Gasteiger partial charge in [-0.05, 0) is 18.3 Å². The van der Waals surface area contributed by atoms with Crippen LogP contribution >= 0.6 is 0 Å². The van der Waals surface area contributed by atoms with Crippen LogP contribution in [0.4, 0.5) is 0 Å². The van der Waals surface area contributed by atoms with Crippen molar-refractivity contribution in [2.75, 3.05) is 6.61 Å². The van der Waals surface area contributed by atoms with Crippen LogP contribution in [0.2, 0.25) is 0 Å². The Balaban J connectivity index is 2.51. The number of carbonyl (C=O) groups excluding carboxylic acids is 2. The Kier molecular flexibility index (Phi) is 1.77. The highest BCUT2D eigenvalue weighted by atomic mass is 16.3. The first-order valence-corrected chi connectivity index (χ1v) is 4.92. The Bertz CT molecular complexity index is 310. The van der Waals surface area contributed by atoms with E-state index in [1.807, 2.05) is 13.8 Å². The third kappa shape index (κ3) is 0.823. The minimum Gasteiger partial charge on any atom is -0.395 e. The minimum atomic E-state index is -0.744. The van der Waals surface area contributed by atoms with Crippen LogP contribution in [0.1, 0.15) is 26.7 Å². The van der Waals surface area contributed by atoms with Crippen LogP contribution in [0.3, 0.4) is 0 Å². The molecule has 1 saturated heterocycles. The fourth-order valence-electron chi connectivity index (χ4n) is 2.95. The van der Waals surface area contributed by atoms with E-state index < -0.39 is 10.8 Å². The first kappa shape index (κ1) is 9.65. The Morgan fingerprint density at radius 1 is 1.50 bits per heavy atom. The number of hydrogen-bond acceptors (Lipinski definition) is 3. The molecule has 2 fully saturated rings. The lowest BCUT2D eigenvalue weighted by Gasteiger charge is -2.44. The molecule has 1 heterocycles. The summed E-state index contributed by atoms with van der Waals surface area (Å²) in [4.78, 5) is 23.3. The van der Waals surface area contributed by atoms with Crippen molar-refractivity contribution in [1.29, 1.82) is 0 Å². The predicted octanol–water partition coefficient (Wildman–Crippen LogP) is 0.0577. The number of piperidine rings is 1. The molecular weight excluding hydrogens is 182 g/mol. The van der Waals surface area contributed by atoms with Crippen LogP contribution in [-0.4, -0.2) is 23.5 Å². The number of hydrogen-bond donors (Lipinski definition) is 2. The molecule has 0 aromatic heterocycles. The van der Waals surface area contributed by atoms with E-state index in [1.54, 1.807) is 0 Å². The summed E-state index contributed by atoms with van der Waals surface area (Å²) in [5.41, 5.74) is -1.16. The van der Waals surface area contributed by atoms with Gasteiger partial charge in [0.2, 0.25) is 11.8 Å². The molecule has 2 unspecified atom stereocenters. The second kappa shape index (κ2) is 2.57. The van der Waals surface area contributed by atoms with E-state index in [1.165, 1.54) is 0 Å². The lowest BCUT2D eigenvalue weighted by atomic mass is 9.62. The molecule has 1 saturated carbocycles. The number of aliphatic hydroxyl groups excluding tert-OH is 1. The Hall–Kier alpha value is -0.900. The molecule has 0 aromatic carbocycles. The summed E-state index contributed by atoms with van der Waals surface area (Å²) < 4.78 is 0. The van der Waals surface area contributed by atoms with Crippen molar-refractivity contribution in [3.05, 3.63) is 0 Å². The molecule has 14 heavy (non-hydrogen) atoms. The lowest BCUT2D eigenvalue weighted by Crippen LogP contribution is -2.59. The van der Waals surface area contributed by atoms with E-state index in [2.05, 4.69) is 5.32 Å². The van der Waals surface area contributed by atoms with E-state index in [4.69, 9.17) is 0 Å². The van der Waals surface area contributed by atoms with Crippen molar-refractivity contribution in [3.63, 3.8) is 0 Å². The van der Waals surface area contributed by atoms with Gasteiger partial charge in [0.15, 0.2) is 0 Å². The highest BCUT2D eigenvalue weighted by Crippen LogP contribution is 2.58. The molecule has 2 aliphatic rings. The van der Waals surface area contributed by atoms with Crippen molar-refractivity contribution in [3.8, 4) is 0 Å². The quantitative estimate of drug-likeness (QED) is 0.584. The van der Waals surface area contributed by atoms with Crippen LogP contribution in [0.5, 0.6) is 0 Å². The number of fused-ring (bicyclic) bond motifs is 2. The van der Waals surface area contributed by atoms with Crippen molar-refractivity contribution in [1.82, 2.24) is 5.32 Å². The van der Waals surface area contributed by atoms with Crippen LogP contribution in [0.25, 0.3) is 0 Å². The molecule has 78 valence electrons. The molecule has 4 nitrogen and oxygen atoms in total. The molecule has 0 spiro atoms. The SMILES string of the molecule is CC1(C)C2CCC1(CO)C(=O)NC2=O. The molecular formula is C10H15NO3. The Labute approximate surface area is 82.7 Å². The van der Waals surface area contributed by atoms with E-state index in [0.29, 0.717) is 12.8 Å². The number of carbonyl (C=O) groups is 2. The zero-order valence-corrected chi connectivity index (χ0v) is 8.46. The van der Waals surface area contributed by atoms with Gasteiger partial charge in [0, 0.05) is 5.92 Å². The maximum Gasteiger partial charge on any atom is 0.235 e. The number of rotatable bonds is 1. The monoisotopic (exact) mass is 197 g/mol. The summed E-state index contributed by atoms with van der Waals surface area (Å²) >= 11 is 0. The summed E-state index contributed by atoms with van der Waals surface area (Å²) in [6.07, 6.45) is 1.31. The predicted molar refractivity (Wildman–Crippen MR) is 49.2 cm³/mol. The molecule has 0 aromatic rings. The van der Waals surface area contributed by atoms with Gasteiger partial charge in [-0.25, -0.2) is 0 Å². The largest absolute Gasteiger partial charge is 0.395 e. The minimum absolute atomic E-state index is 0.132. The average molecular weight is 197 g/mol. The molecule has 4 heteroatoms. The van der Waals surface area contributed by atoms with Gasteiger partial charge >= 0.3 is 0 Å². The van der Waals surface area contributed by atoms with Crippen molar-refractivity contribution >= 4 is 11.8 Å². The third-order valence-corrected chi connectivity index (χ3v) is 4.22. The van der Waals surface area contributed by atoms with Crippen molar-refractivity contribution < 1.29 is 14.7 Å². The van der Waals surface area contributed by atoms with E-state index in [-0.39, 0.29) is 24.3 Å². The number of nitrogens with one attached hydrogen (secondary N) is 1. The lowest BCUT2D eigenvalue weighted by molar-refractivity contribution is -0.155. The molecule has 2 N–H and O–H groups in total. The Morgan fingerprint density at radius 3 is 2.71 bits per heavy atom. The van der Waals surface area contributed by atoms with Crippen molar-refractivity contribution in [2.45, 2.75) is 26.7 Å². The summed E-state index contributed by atoms with van der Waals surface area (Å²) in [5.74, 6) is -0.613. The van der Waals surface area contributed by atoms with Crippen LogP contribution < -0.4 is 5.32 Å². The van der Waals surface area contributed by atoms with Gasteiger partial charge in [-0.1, -0.05) is 13.8 Å². The average Bonchev–Trinajstić information content (AvgIpc) is 2.27. The molecule has 2 amide bonds. The van der Waals surface area contributed by atoms with Gasteiger partial charge in [-0.15, -0.1) is 0 Å². The maximum atomic E-state index is 11.7. The van der Waals surface area contributed by atoms with Crippen LogP contribution in [0, 0.1) is 16.7 Å². The summed E-state index contributed by atoms with van der Waals surface area (Å²) in [6.45, 7) is 3.63. The smallest absolute Gasteiger partial charge is 0.235 e. The third-order valence-electron chi connectivity index (χ3n) is 4.22. The molecule has 2 rings (SSSR count). The van der Waals surface area contributed by atoms with E-state index >= 15 is 0 Å². The van der Waals surface area contributed by atoms with E-state index in [0.717, 1.165) is 0 Å². The van der Waals surface area contributed by atoms with Gasteiger partial charge in [-0.2, -0.15) is 0 Å². The van der Waals surface area contributed by atoms with Gasteiger partial charge in [0.25, 0.3) is 0 Å². The summed E-state index contributed by atoms with van der Waals surface area (Å²) in [7, 11) is 0.